The molecular weight excluding hydrogens is 748 g/mol. The maximum absolute atomic E-state index is 11.9. The Bertz CT molecular complexity index is 1610. The van der Waals surface area contributed by atoms with E-state index in [-0.39, 0.29) is 40.6 Å². The molecule has 16 heteroatoms. The average molecular weight is 811 g/mol. The van der Waals surface area contributed by atoms with Gasteiger partial charge < -0.3 is 79.1 Å². The van der Waals surface area contributed by atoms with E-state index < -0.39 is 105 Å². The smallest absolute Gasteiger partial charge is 0.197 e. The summed E-state index contributed by atoms with van der Waals surface area (Å²) in [6.45, 7) is 7.50. The summed E-state index contributed by atoms with van der Waals surface area (Å²) in [5.74, 6) is -1.37. The Morgan fingerprint density at radius 1 is 0.789 bits per heavy atom. The van der Waals surface area contributed by atoms with E-state index in [0.717, 1.165) is 38.5 Å². The molecular formula is C41H62O16. The van der Waals surface area contributed by atoms with Crippen LogP contribution in [0.5, 0.6) is 0 Å². The van der Waals surface area contributed by atoms with Gasteiger partial charge in [-0.1, -0.05) is 32.4 Å². The van der Waals surface area contributed by atoms with Gasteiger partial charge in [0.1, 0.15) is 54.9 Å². The van der Waals surface area contributed by atoms with E-state index in [2.05, 4.69) is 19.9 Å². The monoisotopic (exact) mass is 810 g/mol. The second-order valence-electron chi connectivity index (χ2n) is 19.1. The lowest BCUT2D eigenvalue weighted by Gasteiger charge is -2.54. The fraction of sp³-hybridized carbons (Fsp3) is 0.902. The molecule has 0 radical (unpaired) electrons. The number of ether oxygens (including phenoxy) is 7. The molecule has 5 heterocycles. The summed E-state index contributed by atoms with van der Waals surface area (Å²) in [6, 6.07) is 0. The third-order valence-electron chi connectivity index (χ3n) is 16.4. The Hall–Kier alpha value is -1.16. The van der Waals surface area contributed by atoms with E-state index in [1.165, 1.54) is 16.7 Å². The van der Waals surface area contributed by atoms with E-state index in [9.17, 15) is 46.0 Å². The van der Waals surface area contributed by atoms with Gasteiger partial charge in [0, 0.05) is 11.8 Å². The Morgan fingerprint density at radius 3 is 2.21 bits per heavy atom. The van der Waals surface area contributed by atoms with Crippen molar-refractivity contribution in [3.8, 4) is 0 Å². The zero-order chi connectivity index (χ0) is 40.6. The quantitative estimate of drug-likeness (QED) is 0.157. The van der Waals surface area contributed by atoms with Gasteiger partial charge in [-0.2, -0.15) is 0 Å². The second kappa shape index (κ2) is 14.5. The van der Waals surface area contributed by atoms with Gasteiger partial charge in [-0.25, -0.2) is 0 Å². The Labute approximate surface area is 332 Å². The molecule has 0 bridgehead atoms. The zero-order valence-corrected chi connectivity index (χ0v) is 33.1. The highest BCUT2D eigenvalue weighted by molar-refractivity contribution is 5.50. The highest BCUT2D eigenvalue weighted by Crippen LogP contribution is 2.67. The lowest BCUT2D eigenvalue weighted by molar-refractivity contribution is -0.373. The molecule has 9 aliphatic rings. The van der Waals surface area contributed by atoms with Crippen LogP contribution in [-0.2, 0) is 33.2 Å². The summed E-state index contributed by atoms with van der Waals surface area (Å²) in [4.78, 5) is 0. The SMILES string of the molecule is C[C@H]1CO[C@]2(C)OC3C(OC(O)[C@H]3[C@H]3CC=C4C5=C(CC[C@@]43C)[C@@]3(C)CC[C@H](O[C@@H]4O[C@H](CO)[C@@H](O)[C@H](O)[C@H]4O[C@@H]4O[C@H](CO)[C@@H](O)[C@H](O)[C@H]4O)C[C@@H]3CC5)[C@]12O. The Morgan fingerprint density at radius 2 is 1.49 bits per heavy atom. The molecule has 5 aliphatic heterocycles. The van der Waals surface area contributed by atoms with Gasteiger partial charge in [0.2, 0.25) is 0 Å². The molecule has 0 aromatic heterocycles. The fourth-order valence-corrected chi connectivity index (χ4v) is 12.9. The van der Waals surface area contributed by atoms with Crippen LogP contribution in [0.15, 0.2) is 22.8 Å². The van der Waals surface area contributed by atoms with Crippen molar-refractivity contribution in [1.82, 2.24) is 0 Å². The maximum atomic E-state index is 11.9. The molecule has 0 spiro atoms. The van der Waals surface area contributed by atoms with Gasteiger partial charge in [-0.3, -0.25) is 0 Å². The lowest BCUT2D eigenvalue weighted by atomic mass is 9.51. The summed E-state index contributed by atoms with van der Waals surface area (Å²) in [7, 11) is 0. The Kier molecular flexibility index (Phi) is 10.5. The molecule has 9 N–H and O–H groups in total. The summed E-state index contributed by atoms with van der Waals surface area (Å²) in [6.07, 6.45) is -8.53. The lowest BCUT2D eigenvalue weighted by Crippen LogP contribution is -2.65. The van der Waals surface area contributed by atoms with Gasteiger partial charge in [0.05, 0.1) is 32.0 Å². The summed E-state index contributed by atoms with van der Waals surface area (Å²) in [5.41, 5.74) is 2.63. The second-order valence-corrected chi connectivity index (χ2v) is 19.1. The molecule has 4 aliphatic carbocycles. The predicted molar refractivity (Wildman–Crippen MR) is 194 cm³/mol. The van der Waals surface area contributed by atoms with Crippen LogP contribution in [0.4, 0.5) is 0 Å². The van der Waals surface area contributed by atoms with E-state index in [1.807, 2.05) is 6.92 Å². The van der Waals surface area contributed by atoms with Gasteiger partial charge in [-0.05, 0) is 92.1 Å². The molecule has 0 aromatic carbocycles. The van der Waals surface area contributed by atoms with Gasteiger partial charge in [0.25, 0.3) is 0 Å². The summed E-state index contributed by atoms with van der Waals surface area (Å²) < 4.78 is 42.7. The number of rotatable bonds is 7. The van der Waals surface area contributed by atoms with Crippen LogP contribution in [0.25, 0.3) is 0 Å². The number of fused-ring (bicyclic) bond motifs is 7. The molecule has 322 valence electrons. The number of aliphatic hydroxyl groups is 9. The number of allylic oxidation sites excluding steroid dienone is 4. The minimum atomic E-state index is -1.75. The molecule has 6 fully saturated rings. The molecule has 3 unspecified atom stereocenters. The van der Waals surface area contributed by atoms with E-state index in [1.54, 1.807) is 6.92 Å². The first-order valence-electron chi connectivity index (χ1n) is 21.1. The van der Waals surface area contributed by atoms with Gasteiger partial charge in [-0.15, -0.1) is 0 Å². The van der Waals surface area contributed by atoms with Crippen molar-refractivity contribution in [1.29, 1.82) is 0 Å². The number of aliphatic hydroxyl groups excluding tert-OH is 8. The first-order chi connectivity index (χ1) is 27.0. The van der Waals surface area contributed by atoms with Crippen LogP contribution < -0.4 is 0 Å². The molecule has 0 amide bonds. The minimum absolute atomic E-state index is 0.0628. The molecule has 9 rings (SSSR count). The molecule has 0 aromatic rings. The van der Waals surface area contributed by atoms with Crippen LogP contribution in [0.2, 0.25) is 0 Å². The third-order valence-corrected chi connectivity index (χ3v) is 16.4. The van der Waals surface area contributed by atoms with Crippen molar-refractivity contribution in [2.45, 2.75) is 176 Å². The van der Waals surface area contributed by atoms with Crippen molar-refractivity contribution in [2.24, 2.45) is 34.5 Å². The largest absolute Gasteiger partial charge is 0.394 e. The van der Waals surface area contributed by atoms with Crippen LogP contribution in [0.1, 0.15) is 79.1 Å². The van der Waals surface area contributed by atoms with Crippen molar-refractivity contribution in [3.63, 3.8) is 0 Å². The number of hydrogen-bond acceptors (Lipinski definition) is 16. The van der Waals surface area contributed by atoms with Crippen molar-refractivity contribution < 1.29 is 79.1 Å². The number of hydrogen-bond donors (Lipinski definition) is 9. The summed E-state index contributed by atoms with van der Waals surface area (Å²) >= 11 is 0. The highest BCUT2D eigenvalue weighted by atomic mass is 16.8. The van der Waals surface area contributed by atoms with E-state index in [4.69, 9.17) is 33.2 Å². The van der Waals surface area contributed by atoms with E-state index >= 15 is 0 Å². The van der Waals surface area contributed by atoms with Crippen LogP contribution in [-0.4, -0.2) is 163 Å². The van der Waals surface area contributed by atoms with Crippen molar-refractivity contribution in [3.05, 3.63) is 22.8 Å². The van der Waals surface area contributed by atoms with Crippen molar-refractivity contribution >= 4 is 0 Å². The molecule has 22 atom stereocenters. The normalized spacial score (nSPS) is 57.2. The van der Waals surface area contributed by atoms with E-state index in [0.29, 0.717) is 19.4 Å². The maximum Gasteiger partial charge on any atom is 0.197 e. The van der Waals surface area contributed by atoms with Crippen LogP contribution in [0.3, 0.4) is 0 Å². The third kappa shape index (κ3) is 5.92. The standard InChI is InChI=1S/C41H62O16/c1-17-16-51-40(4)41(17,50)34-32(57-40)26(35(49)56-34)23-8-7-21-20-6-5-18-13-19(9-11-38(18,2)22(20)10-12-39(21,23)3)52-37-33(30(47)28(45)25(15-43)54-37)55-36-31(48)29(46)27(44)24(14-42)53-36/h7,17-19,23-37,42-50H,5-6,8-16H2,1-4H3/t17-,18-,19-,23+,24+,25+,26-,27+,28+,29-,30-,31+,32?,33+,34?,35?,36-,37+,38-,39-,40+,41+/m0/s1. The summed E-state index contributed by atoms with van der Waals surface area (Å²) in [5, 5.41) is 96.1. The Balaban J connectivity index is 0.903. The highest BCUT2D eigenvalue weighted by Gasteiger charge is 2.75. The predicted octanol–water partition coefficient (Wildman–Crippen LogP) is -0.515. The van der Waals surface area contributed by atoms with Crippen LogP contribution in [0, 0.1) is 34.5 Å². The zero-order valence-electron chi connectivity index (χ0n) is 33.1. The van der Waals surface area contributed by atoms with Gasteiger partial charge >= 0.3 is 0 Å². The topological polar surface area (TPSA) is 247 Å². The molecule has 16 nitrogen and oxygen atoms in total. The first kappa shape index (κ1) is 41.2. The molecule has 5 saturated heterocycles. The van der Waals surface area contributed by atoms with Crippen molar-refractivity contribution in [2.75, 3.05) is 19.8 Å². The average Bonchev–Trinajstić information content (AvgIpc) is 3.83. The molecule has 1 saturated carbocycles. The van der Waals surface area contributed by atoms with Crippen LogP contribution >= 0.6 is 0 Å². The molecule has 57 heavy (non-hydrogen) atoms. The van der Waals surface area contributed by atoms with Gasteiger partial charge in [0.15, 0.2) is 30.3 Å². The first-order valence-corrected chi connectivity index (χ1v) is 21.1. The minimum Gasteiger partial charge on any atom is -0.394 e. The fourth-order valence-electron chi connectivity index (χ4n) is 12.9.